The molecule has 1 aliphatic heterocycles. The Morgan fingerprint density at radius 2 is 1.76 bits per heavy atom. The quantitative estimate of drug-likeness (QED) is 0.719. The normalized spacial score (nSPS) is 16.5. The molecule has 0 aliphatic carbocycles. The number of carbonyl (C=O) groups is 3. The molecule has 1 aromatic rings. The lowest BCUT2D eigenvalue weighted by molar-refractivity contribution is -0.151. The van der Waals surface area contributed by atoms with Crippen LogP contribution >= 0.6 is 0 Å². The molecule has 3 N–H and O–H groups in total. The number of carboxylic acids is 2. The molecule has 1 amide bonds. The molecule has 0 spiro atoms. The summed E-state index contributed by atoms with van der Waals surface area (Å²) in [7, 11) is 0. The summed E-state index contributed by atoms with van der Waals surface area (Å²) in [6.45, 7) is -0.849. The average Bonchev–Trinajstić information content (AvgIpc) is 2.44. The van der Waals surface area contributed by atoms with Gasteiger partial charge in [0.2, 0.25) is 5.91 Å². The largest absolute Gasteiger partial charge is 0.480 e. The number of hydrogen-bond donors (Lipinski definition) is 3. The van der Waals surface area contributed by atoms with Gasteiger partial charge in [-0.15, -0.1) is 0 Å². The van der Waals surface area contributed by atoms with Crippen LogP contribution in [0.25, 0.3) is 0 Å². The van der Waals surface area contributed by atoms with Crippen molar-refractivity contribution in [3.05, 3.63) is 29.8 Å². The Labute approximate surface area is 121 Å². The van der Waals surface area contributed by atoms with E-state index in [-0.39, 0.29) is 0 Å². The van der Waals surface area contributed by atoms with Crippen molar-refractivity contribution in [1.29, 1.82) is 0 Å². The third kappa shape index (κ3) is 3.71. The standard InChI is InChI=1S/C14H16N2O5/c17-12(18)7-16(8-13(19)20)14(21)10-5-9-3-1-2-4-11(9)15-6-10/h1-4,10,15H,5-8H2,(H,17,18)(H,19,20). The van der Waals surface area contributed by atoms with Crippen LogP contribution in [0, 0.1) is 5.92 Å². The van der Waals surface area contributed by atoms with E-state index in [1.54, 1.807) is 0 Å². The maximum atomic E-state index is 12.3. The Bertz CT molecular complexity index is 556. The molecule has 1 aliphatic rings. The van der Waals surface area contributed by atoms with Crippen molar-refractivity contribution in [1.82, 2.24) is 4.90 Å². The summed E-state index contributed by atoms with van der Waals surface area (Å²) in [5.74, 6) is -3.37. The topological polar surface area (TPSA) is 107 Å². The zero-order valence-corrected chi connectivity index (χ0v) is 11.3. The maximum Gasteiger partial charge on any atom is 0.323 e. The lowest BCUT2D eigenvalue weighted by atomic mass is 9.93. The summed E-state index contributed by atoms with van der Waals surface area (Å²) in [4.78, 5) is 34.8. The summed E-state index contributed by atoms with van der Waals surface area (Å²) >= 11 is 0. The third-order valence-electron chi connectivity index (χ3n) is 3.34. The van der Waals surface area contributed by atoms with Crippen molar-refractivity contribution in [2.45, 2.75) is 6.42 Å². The Hall–Kier alpha value is -2.57. The Balaban J connectivity index is 2.11. The number of rotatable bonds is 5. The minimum atomic E-state index is -1.23. The minimum absolute atomic E-state index is 0.367. The molecule has 7 nitrogen and oxygen atoms in total. The van der Waals surface area contributed by atoms with Crippen LogP contribution in [0.15, 0.2) is 24.3 Å². The first-order chi connectivity index (χ1) is 9.97. The molecule has 0 aromatic heterocycles. The number of nitrogens with one attached hydrogen (secondary N) is 1. The molecule has 7 heteroatoms. The monoisotopic (exact) mass is 292 g/mol. The summed E-state index contributed by atoms with van der Waals surface area (Å²) in [5.41, 5.74) is 1.91. The summed E-state index contributed by atoms with van der Waals surface area (Å²) in [5, 5.41) is 20.7. The van der Waals surface area contributed by atoms with Crippen LogP contribution < -0.4 is 5.32 Å². The first-order valence-corrected chi connectivity index (χ1v) is 6.51. The smallest absolute Gasteiger partial charge is 0.323 e. The van der Waals surface area contributed by atoms with E-state index in [1.807, 2.05) is 24.3 Å². The van der Waals surface area contributed by atoms with Gasteiger partial charge in [0, 0.05) is 12.2 Å². The van der Waals surface area contributed by atoms with Gasteiger partial charge in [0.25, 0.3) is 0 Å². The van der Waals surface area contributed by atoms with Gasteiger partial charge in [-0.1, -0.05) is 18.2 Å². The Morgan fingerprint density at radius 1 is 1.14 bits per heavy atom. The van der Waals surface area contributed by atoms with Crippen molar-refractivity contribution < 1.29 is 24.6 Å². The Morgan fingerprint density at radius 3 is 2.38 bits per heavy atom. The summed E-state index contributed by atoms with van der Waals surface area (Å²) in [6, 6.07) is 7.54. The molecule has 1 unspecified atom stereocenters. The van der Waals surface area contributed by atoms with Crippen LogP contribution in [0.5, 0.6) is 0 Å². The lowest BCUT2D eigenvalue weighted by Crippen LogP contribution is -2.45. The van der Waals surface area contributed by atoms with Gasteiger partial charge < -0.3 is 20.4 Å². The number of aliphatic carboxylic acids is 2. The van der Waals surface area contributed by atoms with Gasteiger partial charge in [-0.2, -0.15) is 0 Å². The second kappa shape index (κ2) is 6.25. The molecule has 1 heterocycles. The van der Waals surface area contributed by atoms with Crippen LogP contribution in [-0.4, -0.2) is 52.6 Å². The van der Waals surface area contributed by atoms with Crippen LogP contribution in [0.2, 0.25) is 0 Å². The number of carboxylic acid groups (broad SMARTS) is 2. The van der Waals surface area contributed by atoms with Crippen molar-refractivity contribution in [2.75, 3.05) is 25.0 Å². The molecule has 1 atom stereocenters. The van der Waals surface area contributed by atoms with Crippen molar-refractivity contribution in [3.8, 4) is 0 Å². The average molecular weight is 292 g/mol. The van der Waals surface area contributed by atoms with Crippen molar-refractivity contribution in [2.24, 2.45) is 5.92 Å². The third-order valence-corrected chi connectivity index (χ3v) is 3.34. The molecule has 0 bridgehead atoms. The maximum absolute atomic E-state index is 12.3. The zero-order chi connectivity index (χ0) is 15.4. The van der Waals surface area contributed by atoms with E-state index in [4.69, 9.17) is 10.2 Å². The van der Waals surface area contributed by atoms with E-state index in [2.05, 4.69) is 5.32 Å². The second-order valence-corrected chi connectivity index (χ2v) is 4.92. The fourth-order valence-electron chi connectivity index (χ4n) is 2.41. The van der Waals surface area contributed by atoms with Crippen LogP contribution in [0.3, 0.4) is 0 Å². The van der Waals surface area contributed by atoms with E-state index in [0.717, 1.165) is 16.2 Å². The van der Waals surface area contributed by atoms with Gasteiger partial charge in [0.05, 0.1) is 5.92 Å². The predicted octanol–water partition coefficient (Wildman–Crippen LogP) is 0.269. The molecule has 1 aromatic carbocycles. The Kier molecular flexibility index (Phi) is 4.42. The van der Waals surface area contributed by atoms with Crippen LogP contribution in [0.4, 0.5) is 5.69 Å². The van der Waals surface area contributed by atoms with Gasteiger partial charge in [-0.05, 0) is 18.1 Å². The molecular weight excluding hydrogens is 276 g/mol. The predicted molar refractivity (Wildman–Crippen MR) is 74.0 cm³/mol. The van der Waals surface area contributed by atoms with Gasteiger partial charge in [0.15, 0.2) is 0 Å². The van der Waals surface area contributed by atoms with E-state index in [1.165, 1.54) is 0 Å². The second-order valence-electron chi connectivity index (χ2n) is 4.92. The van der Waals surface area contributed by atoms with E-state index in [9.17, 15) is 14.4 Å². The lowest BCUT2D eigenvalue weighted by Gasteiger charge is -2.29. The molecule has 0 saturated heterocycles. The van der Waals surface area contributed by atoms with E-state index >= 15 is 0 Å². The number of para-hydroxylation sites is 1. The number of anilines is 1. The number of carbonyl (C=O) groups excluding carboxylic acids is 1. The van der Waals surface area contributed by atoms with Gasteiger partial charge in [-0.3, -0.25) is 14.4 Å². The van der Waals surface area contributed by atoms with Crippen LogP contribution in [0.1, 0.15) is 5.56 Å². The molecule has 2 rings (SSSR count). The molecular formula is C14H16N2O5. The molecule has 0 fully saturated rings. The first-order valence-electron chi connectivity index (χ1n) is 6.51. The number of benzene rings is 1. The number of amides is 1. The molecule has 0 saturated carbocycles. The number of nitrogens with zero attached hydrogens (tertiary/aromatic N) is 1. The SMILES string of the molecule is O=C(O)CN(CC(=O)O)C(=O)C1CNc2ccccc2C1. The highest BCUT2D eigenvalue weighted by Gasteiger charge is 2.30. The van der Waals surface area contributed by atoms with E-state index in [0.29, 0.717) is 13.0 Å². The van der Waals surface area contributed by atoms with Crippen molar-refractivity contribution >= 4 is 23.5 Å². The fraction of sp³-hybridized carbons (Fsp3) is 0.357. The molecule has 21 heavy (non-hydrogen) atoms. The number of hydrogen-bond acceptors (Lipinski definition) is 4. The first kappa shape index (κ1) is 14.8. The summed E-state index contributed by atoms with van der Waals surface area (Å²) < 4.78 is 0. The van der Waals surface area contributed by atoms with E-state index < -0.39 is 36.9 Å². The zero-order valence-electron chi connectivity index (χ0n) is 11.3. The molecule has 112 valence electrons. The van der Waals surface area contributed by atoms with Gasteiger partial charge in [0.1, 0.15) is 13.1 Å². The van der Waals surface area contributed by atoms with Crippen molar-refractivity contribution in [3.63, 3.8) is 0 Å². The highest BCUT2D eigenvalue weighted by Crippen LogP contribution is 2.25. The highest BCUT2D eigenvalue weighted by molar-refractivity contribution is 5.87. The minimum Gasteiger partial charge on any atom is -0.480 e. The summed E-state index contributed by atoms with van der Waals surface area (Å²) in [6.07, 6.45) is 0.470. The number of fused-ring (bicyclic) bond motifs is 1. The fourth-order valence-corrected chi connectivity index (χ4v) is 2.41. The van der Waals surface area contributed by atoms with Gasteiger partial charge >= 0.3 is 11.9 Å². The highest BCUT2D eigenvalue weighted by atomic mass is 16.4. The van der Waals surface area contributed by atoms with Gasteiger partial charge in [-0.25, -0.2) is 0 Å². The molecule has 0 radical (unpaired) electrons. The van der Waals surface area contributed by atoms with Crippen LogP contribution in [-0.2, 0) is 20.8 Å².